The van der Waals surface area contributed by atoms with E-state index in [4.69, 9.17) is 21.4 Å². The number of halogens is 1. The van der Waals surface area contributed by atoms with Crippen LogP contribution in [0.25, 0.3) is 0 Å². The van der Waals surface area contributed by atoms with Crippen LogP contribution in [0.5, 0.6) is 5.75 Å². The van der Waals surface area contributed by atoms with Crippen LogP contribution in [0.2, 0.25) is 5.02 Å². The Hall–Kier alpha value is -2.00. The van der Waals surface area contributed by atoms with Gasteiger partial charge >= 0.3 is 5.97 Å². The van der Waals surface area contributed by atoms with E-state index in [0.717, 1.165) is 28.3 Å². The fourth-order valence-electron chi connectivity index (χ4n) is 2.72. The van der Waals surface area contributed by atoms with Crippen molar-refractivity contribution in [1.82, 2.24) is 0 Å². The summed E-state index contributed by atoms with van der Waals surface area (Å²) in [6.45, 7) is 0. The maximum atomic E-state index is 10.9. The maximum absolute atomic E-state index is 10.9. The molecule has 0 heterocycles. The molecule has 108 valence electrons. The van der Waals surface area contributed by atoms with Crippen LogP contribution in [0.4, 0.5) is 0 Å². The van der Waals surface area contributed by atoms with Gasteiger partial charge in [0, 0.05) is 5.02 Å². The van der Waals surface area contributed by atoms with E-state index in [1.54, 1.807) is 19.2 Å². The normalized spacial score (nSPS) is 20.1. The maximum Gasteiger partial charge on any atom is 0.335 e. The van der Waals surface area contributed by atoms with Gasteiger partial charge in [-0.25, -0.2) is 4.79 Å². The van der Waals surface area contributed by atoms with Crippen molar-refractivity contribution in [3.63, 3.8) is 0 Å². The van der Waals surface area contributed by atoms with Gasteiger partial charge in [-0.3, -0.25) is 0 Å². The summed E-state index contributed by atoms with van der Waals surface area (Å²) in [4.78, 5) is 10.9. The first-order chi connectivity index (χ1) is 10.1. The minimum absolute atomic E-state index is 0.318. The zero-order valence-electron chi connectivity index (χ0n) is 11.5. The number of aromatic carboxylic acids is 1. The van der Waals surface area contributed by atoms with Gasteiger partial charge in [-0.15, -0.1) is 0 Å². The first-order valence-electron chi connectivity index (χ1n) is 6.77. The Balaban J connectivity index is 1.78. The largest absolute Gasteiger partial charge is 0.497 e. The molecular formula is C17H15ClO3. The van der Waals surface area contributed by atoms with Crippen molar-refractivity contribution in [2.24, 2.45) is 0 Å². The summed E-state index contributed by atoms with van der Waals surface area (Å²) in [7, 11) is 1.62. The smallest absolute Gasteiger partial charge is 0.335 e. The van der Waals surface area contributed by atoms with Gasteiger partial charge in [0.15, 0.2) is 0 Å². The van der Waals surface area contributed by atoms with Crippen LogP contribution in [0.1, 0.15) is 39.7 Å². The molecule has 0 aromatic heterocycles. The van der Waals surface area contributed by atoms with Crippen LogP contribution >= 0.6 is 11.6 Å². The number of hydrogen-bond donors (Lipinski definition) is 1. The van der Waals surface area contributed by atoms with E-state index in [9.17, 15) is 4.79 Å². The molecule has 4 heteroatoms. The number of carboxylic acids is 1. The lowest BCUT2D eigenvalue weighted by Crippen LogP contribution is -1.95. The SMILES string of the molecule is COc1ccc(C2CC2c2ccc(C(=O)O)cc2)c(Cl)c1. The first-order valence-corrected chi connectivity index (χ1v) is 7.14. The first kappa shape index (κ1) is 14.0. The second-order valence-corrected chi connectivity index (χ2v) is 5.67. The monoisotopic (exact) mass is 302 g/mol. The number of ether oxygens (including phenoxy) is 1. The van der Waals surface area contributed by atoms with Crippen molar-refractivity contribution >= 4 is 17.6 Å². The van der Waals surface area contributed by atoms with Gasteiger partial charge in [0.2, 0.25) is 0 Å². The van der Waals surface area contributed by atoms with E-state index in [0.29, 0.717) is 17.4 Å². The molecule has 21 heavy (non-hydrogen) atoms. The number of hydrogen-bond acceptors (Lipinski definition) is 2. The molecule has 0 aliphatic heterocycles. The van der Waals surface area contributed by atoms with E-state index in [-0.39, 0.29) is 0 Å². The molecule has 2 atom stereocenters. The number of benzene rings is 2. The number of carbonyl (C=O) groups is 1. The molecular weight excluding hydrogens is 288 g/mol. The third-order valence-electron chi connectivity index (χ3n) is 3.98. The van der Waals surface area contributed by atoms with Crippen molar-refractivity contribution in [1.29, 1.82) is 0 Å². The molecule has 2 aromatic rings. The Bertz CT molecular complexity index is 679. The summed E-state index contributed by atoms with van der Waals surface area (Å²) >= 11 is 6.30. The summed E-state index contributed by atoms with van der Waals surface area (Å²) in [5.74, 6) is 0.677. The average molecular weight is 303 g/mol. The topological polar surface area (TPSA) is 46.5 Å². The van der Waals surface area contributed by atoms with Crippen molar-refractivity contribution in [3.8, 4) is 5.75 Å². The molecule has 1 aliphatic carbocycles. The van der Waals surface area contributed by atoms with Crippen molar-refractivity contribution in [2.75, 3.05) is 7.11 Å². The molecule has 0 spiro atoms. The predicted octanol–water partition coefficient (Wildman–Crippen LogP) is 4.32. The predicted molar refractivity (Wildman–Crippen MR) is 81.5 cm³/mol. The molecule has 0 amide bonds. The Morgan fingerprint density at radius 3 is 2.48 bits per heavy atom. The molecule has 0 radical (unpaired) electrons. The van der Waals surface area contributed by atoms with E-state index < -0.39 is 5.97 Å². The van der Waals surface area contributed by atoms with Crippen LogP contribution in [-0.2, 0) is 0 Å². The summed E-state index contributed by atoms with van der Waals surface area (Å²) in [6.07, 6.45) is 1.04. The number of rotatable bonds is 4. The van der Waals surface area contributed by atoms with Crippen LogP contribution in [0.3, 0.4) is 0 Å². The van der Waals surface area contributed by atoms with Crippen LogP contribution in [0.15, 0.2) is 42.5 Å². The molecule has 2 unspecified atom stereocenters. The Labute approximate surface area is 128 Å². The standard InChI is InChI=1S/C17H15ClO3/c1-21-12-6-7-13(16(18)8-12)15-9-14(15)10-2-4-11(5-3-10)17(19)20/h2-8,14-15H,9H2,1H3,(H,19,20). The van der Waals surface area contributed by atoms with E-state index in [1.807, 2.05) is 30.3 Å². The van der Waals surface area contributed by atoms with Gasteiger partial charge in [0.1, 0.15) is 5.75 Å². The van der Waals surface area contributed by atoms with Gasteiger partial charge in [0.25, 0.3) is 0 Å². The van der Waals surface area contributed by atoms with Gasteiger partial charge in [-0.05, 0) is 53.6 Å². The molecule has 3 rings (SSSR count). The molecule has 3 nitrogen and oxygen atoms in total. The highest BCUT2D eigenvalue weighted by Crippen LogP contribution is 2.56. The van der Waals surface area contributed by atoms with Gasteiger partial charge < -0.3 is 9.84 Å². The lowest BCUT2D eigenvalue weighted by molar-refractivity contribution is 0.0697. The molecule has 2 aromatic carbocycles. The average Bonchev–Trinajstić information content (AvgIpc) is 3.27. The molecule has 1 N–H and O–H groups in total. The Morgan fingerprint density at radius 1 is 1.19 bits per heavy atom. The van der Waals surface area contributed by atoms with E-state index in [2.05, 4.69) is 0 Å². The van der Waals surface area contributed by atoms with Crippen LogP contribution in [-0.4, -0.2) is 18.2 Å². The van der Waals surface area contributed by atoms with Crippen molar-refractivity contribution < 1.29 is 14.6 Å². The van der Waals surface area contributed by atoms with Crippen molar-refractivity contribution in [3.05, 3.63) is 64.2 Å². The van der Waals surface area contributed by atoms with E-state index in [1.165, 1.54) is 0 Å². The van der Waals surface area contributed by atoms with Gasteiger partial charge in [-0.1, -0.05) is 29.8 Å². The van der Waals surface area contributed by atoms with Gasteiger partial charge in [-0.2, -0.15) is 0 Å². The second kappa shape index (κ2) is 5.41. The quantitative estimate of drug-likeness (QED) is 0.915. The molecule has 0 saturated heterocycles. The molecule has 1 fully saturated rings. The van der Waals surface area contributed by atoms with E-state index >= 15 is 0 Å². The summed E-state index contributed by atoms with van der Waals surface area (Å²) in [5.41, 5.74) is 2.61. The number of methoxy groups -OCH3 is 1. The highest BCUT2D eigenvalue weighted by atomic mass is 35.5. The second-order valence-electron chi connectivity index (χ2n) is 5.26. The Kier molecular flexibility index (Phi) is 3.60. The highest BCUT2D eigenvalue weighted by molar-refractivity contribution is 6.31. The molecule has 1 aliphatic rings. The third-order valence-corrected chi connectivity index (χ3v) is 4.31. The summed E-state index contributed by atoms with van der Waals surface area (Å²) < 4.78 is 5.16. The Morgan fingerprint density at radius 2 is 1.90 bits per heavy atom. The highest BCUT2D eigenvalue weighted by Gasteiger charge is 2.40. The zero-order valence-corrected chi connectivity index (χ0v) is 12.3. The number of carboxylic acid groups (broad SMARTS) is 1. The lowest BCUT2D eigenvalue weighted by Gasteiger charge is -2.07. The molecule has 1 saturated carbocycles. The lowest BCUT2D eigenvalue weighted by atomic mass is 10.0. The fourth-order valence-corrected chi connectivity index (χ4v) is 3.03. The van der Waals surface area contributed by atoms with Crippen LogP contribution in [0, 0.1) is 0 Å². The third kappa shape index (κ3) is 2.74. The van der Waals surface area contributed by atoms with Crippen LogP contribution < -0.4 is 4.74 Å². The van der Waals surface area contributed by atoms with Crippen molar-refractivity contribution in [2.45, 2.75) is 18.3 Å². The fraction of sp³-hybridized carbons (Fsp3) is 0.235. The summed E-state index contributed by atoms with van der Waals surface area (Å²) in [5, 5.41) is 9.64. The van der Waals surface area contributed by atoms with Gasteiger partial charge in [0.05, 0.1) is 12.7 Å². The summed E-state index contributed by atoms with van der Waals surface area (Å²) in [6, 6.07) is 12.9. The minimum Gasteiger partial charge on any atom is -0.497 e. The minimum atomic E-state index is -0.896. The molecule has 0 bridgehead atoms. The zero-order chi connectivity index (χ0) is 15.0.